The molecule has 1 aliphatic heterocycles. The Morgan fingerprint density at radius 2 is 1.59 bits per heavy atom. The van der Waals surface area contributed by atoms with Crippen LogP contribution in [0.15, 0.2) is 70.6 Å². The van der Waals surface area contributed by atoms with Crippen LogP contribution >= 0.6 is 0 Å². The average Bonchev–Trinajstić information content (AvgIpc) is 2.77. The van der Waals surface area contributed by atoms with Crippen LogP contribution in [-0.4, -0.2) is 14.4 Å². The minimum atomic E-state index is -3.71. The summed E-state index contributed by atoms with van der Waals surface area (Å²) < 4.78 is 28.7. The SMILES string of the molecule is CCc1ccc(CN=C2Nc3c(ccc(C)c3C(C)c3ccccc3C)S(=O)(=O)N2)cc1. The lowest BCUT2D eigenvalue weighted by Gasteiger charge is -2.28. The molecule has 4 rings (SSSR count). The van der Waals surface area contributed by atoms with Gasteiger partial charge in [0.25, 0.3) is 10.0 Å². The van der Waals surface area contributed by atoms with Gasteiger partial charge in [-0.15, -0.1) is 0 Å². The first-order valence-electron chi connectivity index (χ1n) is 10.9. The largest absolute Gasteiger partial charge is 0.324 e. The van der Waals surface area contributed by atoms with Gasteiger partial charge in [0.05, 0.1) is 12.2 Å². The summed E-state index contributed by atoms with van der Waals surface area (Å²) in [5, 5.41) is 3.28. The Morgan fingerprint density at radius 1 is 0.906 bits per heavy atom. The number of aryl methyl sites for hydroxylation is 3. The van der Waals surface area contributed by atoms with Crippen molar-refractivity contribution in [3.63, 3.8) is 0 Å². The zero-order chi connectivity index (χ0) is 22.9. The fourth-order valence-corrected chi connectivity index (χ4v) is 5.45. The quantitative estimate of drug-likeness (QED) is 0.559. The molecular formula is C26H29N3O2S. The first-order chi connectivity index (χ1) is 15.3. The van der Waals surface area contributed by atoms with Gasteiger partial charge in [-0.3, -0.25) is 0 Å². The third-order valence-electron chi connectivity index (χ3n) is 6.13. The van der Waals surface area contributed by atoms with E-state index in [0.29, 0.717) is 12.2 Å². The second kappa shape index (κ2) is 8.79. The van der Waals surface area contributed by atoms with Crippen molar-refractivity contribution in [2.75, 3.05) is 5.32 Å². The summed E-state index contributed by atoms with van der Waals surface area (Å²) in [6.45, 7) is 8.72. The number of benzene rings is 3. The van der Waals surface area contributed by atoms with Crippen LogP contribution in [0.25, 0.3) is 0 Å². The standard InChI is InChI=1S/C26H29N3O2S/c1-5-20-11-13-21(14-12-20)16-27-26-28-25-23(32(30,31)29-26)15-10-18(3)24(25)19(4)22-9-7-6-8-17(22)2/h6-15,19H,5,16H2,1-4H3,(H2,27,28,29). The van der Waals surface area contributed by atoms with Crippen molar-refractivity contribution in [1.29, 1.82) is 0 Å². The van der Waals surface area contributed by atoms with E-state index in [1.54, 1.807) is 6.07 Å². The third-order valence-corrected chi connectivity index (χ3v) is 7.51. The van der Waals surface area contributed by atoms with Crippen molar-refractivity contribution in [3.8, 4) is 0 Å². The van der Waals surface area contributed by atoms with Gasteiger partial charge in [0.15, 0.2) is 0 Å². The number of nitrogens with zero attached hydrogens (tertiary/aromatic N) is 1. The summed E-state index contributed by atoms with van der Waals surface area (Å²) in [5.41, 5.74) is 7.27. The van der Waals surface area contributed by atoms with Crippen molar-refractivity contribution in [2.24, 2.45) is 4.99 Å². The molecule has 0 amide bonds. The second-order valence-electron chi connectivity index (χ2n) is 8.31. The number of fused-ring (bicyclic) bond motifs is 1. The molecule has 1 heterocycles. The number of sulfonamides is 1. The lowest BCUT2D eigenvalue weighted by Crippen LogP contribution is -2.41. The molecule has 0 fully saturated rings. The zero-order valence-electron chi connectivity index (χ0n) is 18.9. The molecule has 32 heavy (non-hydrogen) atoms. The predicted molar refractivity (Wildman–Crippen MR) is 131 cm³/mol. The van der Waals surface area contributed by atoms with Gasteiger partial charge in [0, 0.05) is 5.92 Å². The lowest BCUT2D eigenvalue weighted by molar-refractivity contribution is 0.591. The molecule has 3 aromatic carbocycles. The van der Waals surface area contributed by atoms with E-state index < -0.39 is 10.0 Å². The zero-order valence-corrected chi connectivity index (χ0v) is 19.8. The molecule has 1 unspecified atom stereocenters. The van der Waals surface area contributed by atoms with Crippen molar-refractivity contribution in [3.05, 3.63) is 94.0 Å². The maximum Gasteiger partial charge on any atom is 0.266 e. The van der Waals surface area contributed by atoms with E-state index in [-0.39, 0.29) is 16.8 Å². The van der Waals surface area contributed by atoms with E-state index in [0.717, 1.165) is 23.1 Å². The van der Waals surface area contributed by atoms with Crippen molar-refractivity contribution in [2.45, 2.75) is 51.5 Å². The van der Waals surface area contributed by atoms with Crippen LogP contribution in [0, 0.1) is 13.8 Å². The number of rotatable bonds is 5. The van der Waals surface area contributed by atoms with Gasteiger partial charge in [0.1, 0.15) is 4.90 Å². The van der Waals surface area contributed by atoms with Crippen LogP contribution < -0.4 is 10.0 Å². The van der Waals surface area contributed by atoms with Gasteiger partial charge < -0.3 is 5.32 Å². The molecule has 0 aliphatic carbocycles. The highest BCUT2D eigenvalue weighted by Gasteiger charge is 2.31. The van der Waals surface area contributed by atoms with Crippen LogP contribution in [0.2, 0.25) is 0 Å². The number of guanidine groups is 1. The average molecular weight is 448 g/mol. The van der Waals surface area contributed by atoms with Crippen LogP contribution in [0.1, 0.15) is 53.1 Å². The molecule has 3 aromatic rings. The Kier molecular flexibility index (Phi) is 6.07. The summed E-state index contributed by atoms with van der Waals surface area (Å²) in [6.07, 6.45) is 0.980. The topological polar surface area (TPSA) is 70.6 Å². The number of hydrogen-bond acceptors (Lipinski definition) is 3. The highest BCUT2D eigenvalue weighted by atomic mass is 32.2. The fraction of sp³-hybridized carbons (Fsp3) is 0.269. The summed E-state index contributed by atoms with van der Waals surface area (Å²) in [5.74, 6) is 0.274. The van der Waals surface area contributed by atoms with Crippen LogP contribution in [0.3, 0.4) is 0 Å². The van der Waals surface area contributed by atoms with Gasteiger partial charge in [-0.25, -0.2) is 18.1 Å². The minimum absolute atomic E-state index is 0.0230. The second-order valence-corrected chi connectivity index (χ2v) is 9.96. The van der Waals surface area contributed by atoms with Gasteiger partial charge in [0.2, 0.25) is 5.96 Å². The summed E-state index contributed by atoms with van der Waals surface area (Å²) in [6, 6.07) is 20.0. The minimum Gasteiger partial charge on any atom is -0.324 e. The van der Waals surface area contributed by atoms with E-state index in [1.165, 1.54) is 16.7 Å². The van der Waals surface area contributed by atoms with Gasteiger partial charge in [-0.1, -0.05) is 68.4 Å². The highest BCUT2D eigenvalue weighted by molar-refractivity contribution is 7.90. The van der Waals surface area contributed by atoms with E-state index in [4.69, 9.17) is 0 Å². The number of aliphatic imine (C=N–C) groups is 1. The Labute approximate surface area is 190 Å². The molecule has 0 bridgehead atoms. The number of hydrogen-bond donors (Lipinski definition) is 2. The molecule has 0 aromatic heterocycles. The van der Waals surface area contributed by atoms with Gasteiger partial charge >= 0.3 is 0 Å². The summed E-state index contributed by atoms with van der Waals surface area (Å²) in [4.78, 5) is 4.79. The molecule has 5 nitrogen and oxygen atoms in total. The van der Waals surface area contributed by atoms with E-state index in [1.807, 2.05) is 37.3 Å². The Morgan fingerprint density at radius 3 is 2.28 bits per heavy atom. The smallest absolute Gasteiger partial charge is 0.266 e. The fourth-order valence-electron chi connectivity index (χ4n) is 4.29. The Hall–Kier alpha value is -3.12. The molecule has 1 atom stereocenters. The van der Waals surface area contributed by atoms with Crippen LogP contribution in [-0.2, 0) is 23.0 Å². The monoisotopic (exact) mass is 447 g/mol. The molecule has 6 heteroatoms. The first kappa shape index (κ1) is 22.1. The molecule has 0 spiro atoms. The molecule has 0 saturated carbocycles. The van der Waals surface area contributed by atoms with Gasteiger partial charge in [-0.05, 0) is 59.7 Å². The van der Waals surface area contributed by atoms with Crippen molar-refractivity contribution < 1.29 is 8.42 Å². The Balaban J connectivity index is 1.73. The predicted octanol–water partition coefficient (Wildman–Crippen LogP) is 5.28. The van der Waals surface area contributed by atoms with Crippen molar-refractivity contribution >= 4 is 21.7 Å². The molecule has 166 valence electrons. The van der Waals surface area contributed by atoms with Gasteiger partial charge in [-0.2, -0.15) is 0 Å². The maximum absolute atomic E-state index is 13.0. The molecule has 0 saturated heterocycles. The normalized spacial score (nSPS) is 16.7. The number of anilines is 1. The summed E-state index contributed by atoms with van der Waals surface area (Å²) >= 11 is 0. The molecule has 2 N–H and O–H groups in total. The van der Waals surface area contributed by atoms with Crippen LogP contribution in [0.5, 0.6) is 0 Å². The Bertz CT molecular complexity index is 1280. The highest BCUT2D eigenvalue weighted by Crippen LogP contribution is 2.39. The van der Waals surface area contributed by atoms with E-state index in [2.05, 4.69) is 60.1 Å². The lowest BCUT2D eigenvalue weighted by atomic mass is 9.86. The maximum atomic E-state index is 13.0. The molecular weight excluding hydrogens is 418 g/mol. The van der Waals surface area contributed by atoms with Crippen LogP contribution in [0.4, 0.5) is 5.69 Å². The van der Waals surface area contributed by atoms with Crippen molar-refractivity contribution in [1.82, 2.24) is 4.72 Å². The van der Waals surface area contributed by atoms with E-state index >= 15 is 0 Å². The van der Waals surface area contributed by atoms with E-state index in [9.17, 15) is 8.42 Å². The molecule has 0 radical (unpaired) electrons. The number of nitrogens with one attached hydrogen (secondary N) is 2. The third kappa shape index (κ3) is 4.28. The summed E-state index contributed by atoms with van der Waals surface area (Å²) in [7, 11) is -3.71. The molecule has 1 aliphatic rings. The first-order valence-corrected chi connectivity index (χ1v) is 12.4.